The summed E-state index contributed by atoms with van der Waals surface area (Å²) in [5.74, 6) is 0.0743. The van der Waals surface area contributed by atoms with E-state index in [9.17, 15) is 9.59 Å². The summed E-state index contributed by atoms with van der Waals surface area (Å²) in [6.45, 7) is 3.65. The zero-order valence-electron chi connectivity index (χ0n) is 13.8. The van der Waals surface area contributed by atoms with Crippen LogP contribution in [0.4, 0.5) is 5.69 Å². The molecule has 0 aliphatic carbocycles. The minimum absolute atomic E-state index is 0.0659. The summed E-state index contributed by atoms with van der Waals surface area (Å²) in [5, 5.41) is 6.09. The second-order valence-corrected chi connectivity index (χ2v) is 6.91. The van der Waals surface area contributed by atoms with Gasteiger partial charge in [-0.3, -0.25) is 9.59 Å². The summed E-state index contributed by atoms with van der Waals surface area (Å²) in [6.07, 6.45) is 0. The highest BCUT2D eigenvalue weighted by molar-refractivity contribution is 9.10. The molecule has 0 saturated carbocycles. The number of rotatable bonds is 6. The summed E-state index contributed by atoms with van der Waals surface area (Å²) in [5.41, 5.74) is 1.12. The maximum atomic E-state index is 12.0. The van der Waals surface area contributed by atoms with Gasteiger partial charge in [-0.2, -0.15) is 0 Å². The van der Waals surface area contributed by atoms with E-state index in [0.29, 0.717) is 26.5 Å². The van der Waals surface area contributed by atoms with E-state index in [4.69, 9.17) is 16.3 Å². The number of hydrogen-bond acceptors (Lipinski definition) is 3. The maximum Gasteiger partial charge on any atom is 0.262 e. The van der Waals surface area contributed by atoms with E-state index < -0.39 is 0 Å². The van der Waals surface area contributed by atoms with Crippen molar-refractivity contribution in [3.8, 4) is 5.75 Å². The molecule has 0 heterocycles. The average Bonchev–Trinajstić information content (AvgIpc) is 2.54. The number of halogens is 2. The lowest BCUT2D eigenvalue weighted by atomic mass is 10.2. The highest BCUT2D eigenvalue weighted by atomic mass is 79.9. The fourth-order valence-electron chi connectivity index (χ4n) is 1.98. The predicted octanol–water partition coefficient (Wildman–Crippen LogP) is 4.26. The van der Waals surface area contributed by atoms with Gasteiger partial charge in [0.1, 0.15) is 5.75 Å². The van der Waals surface area contributed by atoms with Gasteiger partial charge in [0.05, 0.1) is 4.47 Å². The van der Waals surface area contributed by atoms with E-state index in [2.05, 4.69) is 26.6 Å². The van der Waals surface area contributed by atoms with Crippen molar-refractivity contribution < 1.29 is 14.3 Å². The largest absolute Gasteiger partial charge is 0.483 e. The number of carbonyl (C=O) groups is 2. The molecular formula is C18H18BrClN2O3. The zero-order valence-corrected chi connectivity index (χ0v) is 16.1. The van der Waals surface area contributed by atoms with Crippen LogP contribution in [-0.4, -0.2) is 24.5 Å². The first-order valence-electron chi connectivity index (χ1n) is 7.64. The molecular weight excluding hydrogens is 408 g/mol. The number of benzene rings is 2. The van der Waals surface area contributed by atoms with Crippen molar-refractivity contribution in [1.29, 1.82) is 0 Å². The molecule has 0 spiro atoms. The molecule has 0 bridgehead atoms. The average molecular weight is 426 g/mol. The van der Waals surface area contributed by atoms with Gasteiger partial charge in [0.25, 0.3) is 11.8 Å². The van der Waals surface area contributed by atoms with Crippen LogP contribution in [0, 0.1) is 0 Å². The number of ether oxygens (including phenoxy) is 1. The standard InChI is InChI=1S/C18H18BrClN2O3/c1-11(2)21-18(24)12-3-6-14(7-4-12)22-17(23)10-25-16-8-5-13(20)9-15(16)19/h3-9,11H,10H2,1-2H3,(H,21,24)(H,22,23). The van der Waals surface area contributed by atoms with Gasteiger partial charge in [-0.25, -0.2) is 0 Å². The Morgan fingerprint density at radius 1 is 1.16 bits per heavy atom. The Kier molecular flexibility index (Phi) is 6.84. The molecule has 2 N–H and O–H groups in total. The SMILES string of the molecule is CC(C)NC(=O)c1ccc(NC(=O)COc2ccc(Cl)cc2Br)cc1. The summed E-state index contributed by atoms with van der Waals surface area (Å²) >= 11 is 9.18. The molecule has 2 aromatic carbocycles. The third-order valence-corrected chi connectivity index (χ3v) is 3.96. The van der Waals surface area contributed by atoms with Crippen LogP contribution in [0.1, 0.15) is 24.2 Å². The number of amides is 2. The second-order valence-electron chi connectivity index (χ2n) is 5.62. The quantitative estimate of drug-likeness (QED) is 0.727. The molecule has 2 amide bonds. The van der Waals surface area contributed by atoms with Gasteiger partial charge in [-0.1, -0.05) is 11.6 Å². The third-order valence-electron chi connectivity index (χ3n) is 3.10. The molecule has 5 nitrogen and oxygen atoms in total. The lowest BCUT2D eigenvalue weighted by Gasteiger charge is -2.10. The molecule has 132 valence electrons. The first-order chi connectivity index (χ1) is 11.8. The van der Waals surface area contributed by atoms with Crippen LogP contribution in [-0.2, 0) is 4.79 Å². The van der Waals surface area contributed by atoms with E-state index in [0.717, 1.165) is 0 Å². The van der Waals surface area contributed by atoms with Gasteiger partial charge in [0, 0.05) is 22.3 Å². The molecule has 0 radical (unpaired) electrons. The normalized spacial score (nSPS) is 10.4. The lowest BCUT2D eigenvalue weighted by Crippen LogP contribution is -2.30. The summed E-state index contributed by atoms with van der Waals surface area (Å²) < 4.78 is 6.12. The van der Waals surface area contributed by atoms with Gasteiger partial charge in [-0.15, -0.1) is 0 Å². The van der Waals surface area contributed by atoms with Crippen molar-refractivity contribution in [3.63, 3.8) is 0 Å². The highest BCUT2D eigenvalue weighted by Gasteiger charge is 2.09. The molecule has 25 heavy (non-hydrogen) atoms. The predicted molar refractivity (Wildman–Crippen MR) is 102 cm³/mol. The third kappa shape index (κ3) is 6.07. The second kappa shape index (κ2) is 8.87. The van der Waals surface area contributed by atoms with Crippen molar-refractivity contribution in [2.24, 2.45) is 0 Å². The molecule has 2 aromatic rings. The van der Waals surface area contributed by atoms with Crippen LogP contribution in [0.2, 0.25) is 5.02 Å². The van der Waals surface area contributed by atoms with Crippen molar-refractivity contribution in [1.82, 2.24) is 5.32 Å². The molecule has 0 fully saturated rings. The number of hydrogen-bond donors (Lipinski definition) is 2. The Morgan fingerprint density at radius 3 is 2.44 bits per heavy atom. The van der Waals surface area contributed by atoms with Crippen molar-refractivity contribution in [2.45, 2.75) is 19.9 Å². The van der Waals surface area contributed by atoms with Crippen LogP contribution in [0.15, 0.2) is 46.9 Å². The van der Waals surface area contributed by atoms with Crippen LogP contribution in [0.5, 0.6) is 5.75 Å². The maximum absolute atomic E-state index is 12.0. The Labute approximate surface area is 159 Å². The van der Waals surface area contributed by atoms with Crippen LogP contribution in [0.25, 0.3) is 0 Å². The first kappa shape index (κ1) is 19.3. The van der Waals surface area contributed by atoms with Gasteiger partial charge >= 0.3 is 0 Å². The smallest absolute Gasteiger partial charge is 0.262 e. The Morgan fingerprint density at radius 2 is 1.84 bits per heavy atom. The fraction of sp³-hybridized carbons (Fsp3) is 0.222. The van der Waals surface area contributed by atoms with Gasteiger partial charge in [0.2, 0.25) is 0 Å². The Bertz CT molecular complexity index is 763. The molecule has 0 aliphatic rings. The molecule has 0 atom stereocenters. The minimum atomic E-state index is -0.304. The molecule has 7 heteroatoms. The Hall–Kier alpha value is -2.05. The zero-order chi connectivity index (χ0) is 18.4. The molecule has 0 aromatic heterocycles. The monoisotopic (exact) mass is 424 g/mol. The Balaban J connectivity index is 1.89. The highest BCUT2D eigenvalue weighted by Crippen LogP contribution is 2.27. The van der Waals surface area contributed by atoms with Crippen LogP contribution >= 0.6 is 27.5 Å². The summed E-state index contributed by atoms with van der Waals surface area (Å²) in [7, 11) is 0. The van der Waals surface area contributed by atoms with Gasteiger partial charge in [0.15, 0.2) is 6.61 Å². The van der Waals surface area contributed by atoms with Crippen molar-refractivity contribution in [3.05, 3.63) is 57.5 Å². The lowest BCUT2D eigenvalue weighted by molar-refractivity contribution is -0.118. The topological polar surface area (TPSA) is 67.4 Å². The van der Waals surface area contributed by atoms with Crippen LogP contribution in [0.3, 0.4) is 0 Å². The minimum Gasteiger partial charge on any atom is -0.483 e. The fourth-order valence-corrected chi connectivity index (χ4v) is 2.78. The van der Waals surface area contributed by atoms with Gasteiger partial charge < -0.3 is 15.4 Å². The van der Waals surface area contributed by atoms with E-state index in [1.54, 1.807) is 42.5 Å². The van der Waals surface area contributed by atoms with Crippen molar-refractivity contribution >= 4 is 45.0 Å². The van der Waals surface area contributed by atoms with E-state index in [1.165, 1.54) is 0 Å². The van der Waals surface area contributed by atoms with E-state index >= 15 is 0 Å². The number of anilines is 1. The van der Waals surface area contributed by atoms with E-state index in [1.807, 2.05) is 13.8 Å². The molecule has 0 aliphatic heterocycles. The molecule has 2 rings (SSSR count). The first-order valence-corrected chi connectivity index (χ1v) is 8.81. The summed E-state index contributed by atoms with van der Waals surface area (Å²) in [4.78, 5) is 23.8. The number of carbonyl (C=O) groups excluding carboxylic acids is 2. The number of nitrogens with one attached hydrogen (secondary N) is 2. The van der Waals surface area contributed by atoms with E-state index in [-0.39, 0.29) is 24.5 Å². The van der Waals surface area contributed by atoms with Crippen molar-refractivity contribution in [2.75, 3.05) is 11.9 Å². The molecule has 0 unspecified atom stereocenters. The van der Waals surface area contributed by atoms with Gasteiger partial charge in [-0.05, 0) is 72.2 Å². The molecule has 0 saturated heterocycles. The summed E-state index contributed by atoms with van der Waals surface area (Å²) in [6, 6.07) is 11.8. The van der Waals surface area contributed by atoms with Crippen LogP contribution < -0.4 is 15.4 Å².